The lowest BCUT2D eigenvalue weighted by Crippen LogP contribution is -2.12. The molecule has 2 aromatic rings. The Bertz CT molecular complexity index is 478. The lowest BCUT2D eigenvalue weighted by atomic mass is 10.1. The topological polar surface area (TPSA) is 58.0 Å². The van der Waals surface area contributed by atoms with Gasteiger partial charge in [-0.3, -0.25) is 0 Å². The smallest absolute Gasteiger partial charge is 0.134 e. The quantitative estimate of drug-likeness (QED) is 0.817. The summed E-state index contributed by atoms with van der Waals surface area (Å²) < 4.78 is 0. The number of anilines is 1. The number of nitrogens with one attached hydrogen (secondary N) is 1. The van der Waals surface area contributed by atoms with E-state index < -0.39 is 6.10 Å². The van der Waals surface area contributed by atoms with Crippen molar-refractivity contribution in [3.63, 3.8) is 0 Å². The second-order valence-electron chi connectivity index (χ2n) is 3.53. The van der Waals surface area contributed by atoms with Gasteiger partial charge in [-0.15, -0.1) is 0 Å². The highest BCUT2D eigenvalue weighted by atomic mass is 35.5. The maximum absolute atomic E-state index is 9.91. The molecule has 0 radical (unpaired) electrons. The average Bonchev–Trinajstić information content (AvgIpc) is 2.37. The lowest BCUT2D eigenvalue weighted by Gasteiger charge is -2.12. The highest BCUT2D eigenvalue weighted by Gasteiger charge is 2.06. The maximum Gasteiger partial charge on any atom is 0.134 e. The predicted molar refractivity (Wildman–Crippen MR) is 66.9 cm³/mol. The van der Waals surface area contributed by atoms with E-state index in [0.717, 1.165) is 5.56 Å². The van der Waals surface area contributed by atoms with Crippen LogP contribution in [-0.2, 0) is 0 Å². The molecule has 0 fully saturated rings. The van der Waals surface area contributed by atoms with E-state index >= 15 is 0 Å². The molecular formula is C12H12ClN3O. The summed E-state index contributed by atoms with van der Waals surface area (Å²) in [5, 5.41) is 13.3. The third kappa shape index (κ3) is 3.41. The summed E-state index contributed by atoms with van der Waals surface area (Å²) >= 11 is 5.72. The lowest BCUT2D eigenvalue weighted by molar-refractivity contribution is 0.191. The van der Waals surface area contributed by atoms with E-state index in [1.807, 2.05) is 30.3 Å². The molecule has 1 aromatic heterocycles. The maximum atomic E-state index is 9.91. The van der Waals surface area contributed by atoms with Crippen LogP contribution in [0.5, 0.6) is 0 Å². The van der Waals surface area contributed by atoms with Gasteiger partial charge in [0.05, 0.1) is 6.10 Å². The van der Waals surface area contributed by atoms with Crippen molar-refractivity contribution >= 4 is 17.4 Å². The van der Waals surface area contributed by atoms with E-state index in [1.54, 1.807) is 6.07 Å². The van der Waals surface area contributed by atoms with Crippen molar-refractivity contribution in [1.29, 1.82) is 0 Å². The summed E-state index contributed by atoms with van der Waals surface area (Å²) in [5.74, 6) is 0.597. The first-order chi connectivity index (χ1) is 8.25. The van der Waals surface area contributed by atoms with Crippen molar-refractivity contribution in [2.75, 3.05) is 11.9 Å². The second-order valence-corrected chi connectivity index (χ2v) is 3.92. The van der Waals surface area contributed by atoms with Gasteiger partial charge in [-0.2, -0.15) is 0 Å². The third-order valence-electron chi connectivity index (χ3n) is 2.29. The van der Waals surface area contributed by atoms with E-state index in [2.05, 4.69) is 15.3 Å². The van der Waals surface area contributed by atoms with Gasteiger partial charge in [-0.25, -0.2) is 9.97 Å². The van der Waals surface area contributed by atoms with E-state index in [4.69, 9.17) is 11.6 Å². The van der Waals surface area contributed by atoms with Crippen molar-refractivity contribution in [3.8, 4) is 0 Å². The van der Waals surface area contributed by atoms with Crippen LogP contribution in [0.3, 0.4) is 0 Å². The Hall–Kier alpha value is -1.65. The van der Waals surface area contributed by atoms with Gasteiger partial charge in [-0.05, 0) is 5.56 Å². The van der Waals surface area contributed by atoms with Crippen LogP contribution in [-0.4, -0.2) is 21.6 Å². The number of aromatic nitrogens is 2. The van der Waals surface area contributed by atoms with Gasteiger partial charge in [0.2, 0.25) is 0 Å². The standard InChI is InChI=1S/C12H12ClN3O/c13-11-6-12(16-8-15-11)14-7-10(17)9-4-2-1-3-5-9/h1-6,8,10,17H,7H2,(H,14,15,16)/t10-/m1/s1. The van der Waals surface area contributed by atoms with Crippen LogP contribution in [0.1, 0.15) is 11.7 Å². The first-order valence-corrected chi connectivity index (χ1v) is 5.58. The van der Waals surface area contributed by atoms with Crippen molar-refractivity contribution in [3.05, 3.63) is 53.4 Å². The Balaban J connectivity index is 1.95. The van der Waals surface area contributed by atoms with Crippen molar-refractivity contribution < 1.29 is 5.11 Å². The monoisotopic (exact) mass is 249 g/mol. The van der Waals surface area contributed by atoms with Crippen molar-refractivity contribution in [2.24, 2.45) is 0 Å². The number of hydrogen-bond donors (Lipinski definition) is 2. The molecule has 2 N–H and O–H groups in total. The number of halogens is 1. The van der Waals surface area contributed by atoms with Crippen LogP contribution in [0.2, 0.25) is 5.15 Å². The molecule has 17 heavy (non-hydrogen) atoms. The highest BCUT2D eigenvalue weighted by Crippen LogP contribution is 2.14. The van der Waals surface area contributed by atoms with Crippen LogP contribution in [0.15, 0.2) is 42.7 Å². The predicted octanol–water partition coefficient (Wildman–Crippen LogP) is 2.28. The third-order valence-corrected chi connectivity index (χ3v) is 2.50. The minimum atomic E-state index is -0.579. The molecule has 0 aliphatic carbocycles. The van der Waals surface area contributed by atoms with Gasteiger partial charge >= 0.3 is 0 Å². The molecule has 0 saturated heterocycles. The minimum Gasteiger partial charge on any atom is -0.387 e. The Morgan fingerprint density at radius 1 is 1.24 bits per heavy atom. The molecule has 1 aromatic carbocycles. The van der Waals surface area contributed by atoms with Crippen LogP contribution < -0.4 is 5.32 Å². The number of hydrogen-bond acceptors (Lipinski definition) is 4. The fourth-order valence-corrected chi connectivity index (χ4v) is 1.57. The molecule has 1 heterocycles. The van der Waals surface area contributed by atoms with Gasteiger partial charge in [0.25, 0.3) is 0 Å². The van der Waals surface area contributed by atoms with E-state index in [9.17, 15) is 5.11 Å². The molecule has 88 valence electrons. The van der Waals surface area contributed by atoms with E-state index in [-0.39, 0.29) is 0 Å². The highest BCUT2D eigenvalue weighted by molar-refractivity contribution is 6.29. The number of aliphatic hydroxyl groups is 1. The minimum absolute atomic E-state index is 0.372. The van der Waals surface area contributed by atoms with Gasteiger partial charge < -0.3 is 10.4 Å². The zero-order chi connectivity index (χ0) is 12.1. The molecule has 0 saturated carbocycles. The molecule has 2 rings (SSSR count). The first-order valence-electron chi connectivity index (χ1n) is 5.20. The molecule has 5 heteroatoms. The zero-order valence-corrected chi connectivity index (χ0v) is 9.80. The summed E-state index contributed by atoms with van der Waals surface area (Å²) in [5.41, 5.74) is 0.861. The summed E-state index contributed by atoms with van der Waals surface area (Å²) in [6.07, 6.45) is 0.796. The summed E-state index contributed by atoms with van der Waals surface area (Å²) in [6.45, 7) is 0.372. The summed E-state index contributed by atoms with van der Waals surface area (Å²) in [7, 11) is 0. The molecular weight excluding hydrogens is 238 g/mol. The van der Waals surface area contributed by atoms with Crippen molar-refractivity contribution in [2.45, 2.75) is 6.10 Å². The summed E-state index contributed by atoms with van der Waals surface area (Å²) in [4.78, 5) is 7.76. The largest absolute Gasteiger partial charge is 0.387 e. The first kappa shape index (κ1) is 11.8. The summed E-state index contributed by atoms with van der Waals surface area (Å²) in [6, 6.07) is 11.0. The number of benzene rings is 1. The Labute approximate surface area is 104 Å². The van der Waals surface area contributed by atoms with E-state index in [1.165, 1.54) is 6.33 Å². The van der Waals surface area contributed by atoms with Gasteiger partial charge in [0.1, 0.15) is 17.3 Å². The SMILES string of the molecule is O[C@H](CNc1cc(Cl)ncn1)c1ccccc1. The molecule has 0 bridgehead atoms. The van der Waals surface area contributed by atoms with Crippen LogP contribution in [0.25, 0.3) is 0 Å². The van der Waals surface area contributed by atoms with Gasteiger partial charge in [0, 0.05) is 12.6 Å². The Morgan fingerprint density at radius 2 is 2.00 bits per heavy atom. The Morgan fingerprint density at radius 3 is 2.71 bits per heavy atom. The molecule has 1 atom stereocenters. The fourth-order valence-electron chi connectivity index (χ4n) is 1.42. The van der Waals surface area contributed by atoms with Crippen LogP contribution in [0, 0.1) is 0 Å². The normalized spacial score (nSPS) is 12.1. The fraction of sp³-hybridized carbons (Fsp3) is 0.167. The molecule has 0 aliphatic rings. The number of aliphatic hydroxyl groups excluding tert-OH is 1. The number of nitrogens with zero attached hydrogens (tertiary/aromatic N) is 2. The van der Waals surface area contributed by atoms with Crippen LogP contribution >= 0.6 is 11.6 Å². The molecule has 4 nitrogen and oxygen atoms in total. The molecule has 0 amide bonds. The number of rotatable bonds is 4. The molecule has 0 spiro atoms. The molecule has 0 aliphatic heterocycles. The molecule has 0 unspecified atom stereocenters. The second kappa shape index (κ2) is 5.61. The van der Waals surface area contributed by atoms with E-state index in [0.29, 0.717) is 17.5 Å². The van der Waals surface area contributed by atoms with Gasteiger partial charge in [-0.1, -0.05) is 41.9 Å². The average molecular weight is 250 g/mol. The van der Waals surface area contributed by atoms with Crippen molar-refractivity contribution in [1.82, 2.24) is 9.97 Å². The van der Waals surface area contributed by atoms with Crippen LogP contribution in [0.4, 0.5) is 5.82 Å². The Kier molecular flexibility index (Phi) is 3.90. The van der Waals surface area contributed by atoms with Gasteiger partial charge in [0.15, 0.2) is 0 Å². The zero-order valence-electron chi connectivity index (χ0n) is 9.05.